The van der Waals surface area contributed by atoms with Gasteiger partial charge < -0.3 is 27.4 Å². The predicted molar refractivity (Wildman–Crippen MR) is 518 cm³/mol. The van der Waals surface area contributed by atoms with Gasteiger partial charge >= 0.3 is 0 Å². The smallest absolute Gasteiger partial charge is 0.164 e. The lowest BCUT2D eigenvalue weighted by Crippen LogP contribution is -2.00. The molecule has 0 bridgehead atoms. The van der Waals surface area contributed by atoms with Gasteiger partial charge in [-0.15, -0.1) is 0 Å². The van der Waals surface area contributed by atoms with Crippen LogP contribution in [0.3, 0.4) is 0 Å². The third kappa shape index (κ3) is 11.6. The van der Waals surface area contributed by atoms with E-state index >= 15 is 0 Å². The van der Waals surface area contributed by atoms with E-state index in [1.54, 1.807) is 0 Å². The van der Waals surface area contributed by atoms with Gasteiger partial charge in [0.25, 0.3) is 0 Å². The highest BCUT2D eigenvalue weighted by molar-refractivity contribution is 6.30. The average molecular weight is 1610 g/mol. The number of hydrogen-bond acceptors (Lipinski definition) is 6. The minimum atomic E-state index is 0.631. The SMILES string of the molecule is c1ccc(-c2nc(-c3ccccc3)nc(-c3ccc(-n4c5ccccc5c5c4ccc4c6ccccc6n(-c6ccc7c(c6)c6ccccc6n7-c6ccccc6)c45)cc3)n2)cc1.c1ccc(-c2nc(-c3ccccc3)nc(-c3ccc(-n4c5ccccc5c5c6c7ccccc7n(-c7ccc8c(c7)c7ccccc7n8-c7ccccc7)c6ccc54)cc3)n2)cc1. The zero-order valence-electron chi connectivity index (χ0n) is 67.9. The van der Waals surface area contributed by atoms with Crippen molar-refractivity contribution in [2.45, 2.75) is 0 Å². The normalized spacial score (nSPS) is 11.8. The average Bonchev–Trinajstić information content (AvgIpc) is 1.54. The molecule has 0 spiro atoms. The van der Waals surface area contributed by atoms with Crippen LogP contribution in [-0.4, -0.2) is 57.3 Å². The lowest BCUT2D eigenvalue weighted by atomic mass is 10.1. The quantitative estimate of drug-likeness (QED) is 0.121. The third-order valence-electron chi connectivity index (χ3n) is 25.0. The van der Waals surface area contributed by atoms with Crippen molar-refractivity contribution in [2.24, 2.45) is 0 Å². The van der Waals surface area contributed by atoms with Gasteiger partial charge in [-0.3, -0.25) is 0 Å². The molecule has 0 unspecified atom stereocenters. The molecule has 0 radical (unpaired) electrons. The summed E-state index contributed by atoms with van der Waals surface area (Å²) in [6, 6.07) is 155. The summed E-state index contributed by atoms with van der Waals surface area (Å²) in [6.45, 7) is 0. The van der Waals surface area contributed by atoms with E-state index in [9.17, 15) is 0 Å². The molecule has 12 nitrogen and oxygen atoms in total. The number of rotatable bonds is 12. The molecule has 0 saturated heterocycles. The molecular formula is C114H72N12. The molecule has 126 heavy (non-hydrogen) atoms. The van der Waals surface area contributed by atoms with Crippen LogP contribution < -0.4 is 0 Å². The van der Waals surface area contributed by atoms with Gasteiger partial charge in [0, 0.05) is 132 Å². The minimum Gasteiger partial charge on any atom is -0.309 e. The number of benzene rings is 18. The van der Waals surface area contributed by atoms with Crippen LogP contribution in [-0.2, 0) is 0 Å². The Labute approximate surface area is 722 Å². The van der Waals surface area contributed by atoms with E-state index in [-0.39, 0.29) is 0 Å². The molecule has 26 aromatic rings. The van der Waals surface area contributed by atoms with Crippen molar-refractivity contribution in [3.05, 3.63) is 437 Å². The maximum atomic E-state index is 5.00. The monoisotopic (exact) mass is 1610 g/mol. The minimum absolute atomic E-state index is 0.631. The van der Waals surface area contributed by atoms with Crippen LogP contribution >= 0.6 is 0 Å². The second-order valence-electron chi connectivity index (χ2n) is 32.1. The molecule has 26 rings (SSSR count). The molecule has 0 saturated carbocycles. The van der Waals surface area contributed by atoms with Crippen molar-refractivity contribution in [1.82, 2.24) is 57.3 Å². The van der Waals surface area contributed by atoms with Crippen molar-refractivity contribution in [3.63, 3.8) is 0 Å². The first-order chi connectivity index (χ1) is 62.5. The van der Waals surface area contributed by atoms with Crippen LogP contribution in [0.5, 0.6) is 0 Å². The maximum absolute atomic E-state index is 5.00. The fraction of sp³-hybridized carbons (Fsp3) is 0. The summed E-state index contributed by atoms with van der Waals surface area (Å²) in [5, 5.41) is 14.7. The Balaban J connectivity index is 0.000000137. The molecule has 12 heteroatoms. The van der Waals surface area contributed by atoms with E-state index in [1.807, 2.05) is 121 Å². The summed E-state index contributed by atoms with van der Waals surface area (Å²) in [5.74, 6) is 3.85. The Morgan fingerprint density at radius 2 is 0.341 bits per heavy atom. The van der Waals surface area contributed by atoms with Crippen LogP contribution in [0.4, 0.5) is 0 Å². The van der Waals surface area contributed by atoms with E-state index in [4.69, 9.17) is 29.9 Å². The lowest BCUT2D eigenvalue weighted by molar-refractivity contribution is 1.07. The van der Waals surface area contributed by atoms with E-state index in [0.29, 0.717) is 34.9 Å². The highest BCUT2D eigenvalue weighted by Gasteiger charge is 2.27. The van der Waals surface area contributed by atoms with Gasteiger partial charge in [0.05, 0.1) is 66.2 Å². The van der Waals surface area contributed by atoms with Crippen LogP contribution in [0.2, 0.25) is 0 Å². The molecule has 0 aliphatic heterocycles. The molecular weight excluding hydrogens is 1540 g/mol. The molecule has 8 heterocycles. The third-order valence-corrected chi connectivity index (χ3v) is 25.0. The van der Waals surface area contributed by atoms with E-state index in [1.165, 1.54) is 109 Å². The molecule has 18 aromatic carbocycles. The van der Waals surface area contributed by atoms with Gasteiger partial charge in [-0.05, 0) is 164 Å². The van der Waals surface area contributed by atoms with Crippen LogP contribution in [0.25, 0.3) is 233 Å². The predicted octanol–water partition coefficient (Wildman–Crippen LogP) is 28.3. The van der Waals surface area contributed by atoms with E-state index < -0.39 is 0 Å². The van der Waals surface area contributed by atoms with Crippen molar-refractivity contribution >= 4 is 131 Å². The Morgan fingerprint density at radius 1 is 0.127 bits per heavy atom. The van der Waals surface area contributed by atoms with Gasteiger partial charge in [-0.2, -0.15) is 0 Å². The van der Waals surface area contributed by atoms with Gasteiger partial charge in [0.2, 0.25) is 0 Å². The summed E-state index contributed by atoms with van der Waals surface area (Å²) in [4.78, 5) is 29.8. The molecule has 0 N–H and O–H groups in total. The van der Waals surface area contributed by atoms with Gasteiger partial charge in [0.1, 0.15) is 0 Å². The van der Waals surface area contributed by atoms with Gasteiger partial charge in [0.15, 0.2) is 34.9 Å². The Morgan fingerprint density at radius 3 is 0.698 bits per heavy atom. The van der Waals surface area contributed by atoms with Gasteiger partial charge in [-0.25, -0.2) is 29.9 Å². The van der Waals surface area contributed by atoms with Gasteiger partial charge in [-0.1, -0.05) is 273 Å². The molecule has 0 aliphatic rings. The highest BCUT2D eigenvalue weighted by atomic mass is 15.1. The number of hydrogen-bond donors (Lipinski definition) is 0. The van der Waals surface area contributed by atoms with Crippen molar-refractivity contribution in [2.75, 3.05) is 0 Å². The molecule has 588 valence electrons. The summed E-state index contributed by atoms with van der Waals surface area (Å²) in [7, 11) is 0. The van der Waals surface area contributed by atoms with E-state index in [2.05, 4.69) is 343 Å². The Kier molecular flexibility index (Phi) is 16.7. The number of fused-ring (bicyclic) bond motifs is 20. The molecule has 0 atom stereocenters. The fourth-order valence-corrected chi connectivity index (χ4v) is 19.4. The van der Waals surface area contributed by atoms with E-state index in [0.717, 1.165) is 89.6 Å². The second kappa shape index (κ2) is 29.3. The zero-order valence-corrected chi connectivity index (χ0v) is 67.9. The van der Waals surface area contributed by atoms with Crippen LogP contribution in [0.1, 0.15) is 0 Å². The molecule has 0 fully saturated rings. The summed E-state index contributed by atoms with van der Waals surface area (Å²) in [6.07, 6.45) is 0. The van der Waals surface area contributed by atoms with Crippen LogP contribution in [0, 0.1) is 0 Å². The lowest BCUT2D eigenvalue weighted by Gasteiger charge is -2.12. The molecule has 0 amide bonds. The molecule has 0 aliphatic carbocycles. The van der Waals surface area contributed by atoms with Crippen molar-refractivity contribution in [3.8, 4) is 102 Å². The number of aromatic nitrogens is 12. The Bertz CT molecular complexity index is 8670. The highest BCUT2D eigenvalue weighted by Crippen LogP contribution is 2.47. The maximum Gasteiger partial charge on any atom is 0.164 e. The number of para-hydroxylation sites is 8. The molecule has 8 aromatic heterocycles. The first kappa shape index (κ1) is 71.7. The first-order valence-corrected chi connectivity index (χ1v) is 42.6. The summed E-state index contributed by atoms with van der Waals surface area (Å²) < 4.78 is 14.5. The largest absolute Gasteiger partial charge is 0.309 e. The summed E-state index contributed by atoms with van der Waals surface area (Å²) in [5.41, 5.74) is 26.4. The zero-order chi connectivity index (χ0) is 82.9. The number of nitrogens with zero attached hydrogens (tertiary/aromatic N) is 12. The second-order valence-corrected chi connectivity index (χ2v) is 32.1. The first-order valence-electron chi connectivity index (χ1n) is 42.6. The van der Waals surface area contributed by atoms with Crippen molar-refractivity contribution < 1.29 is 0 Å². The fourth-order valence-electron chi connectivity index (χ4n) is 19.4. The standard InChI is InChI=1S/2C57H36N6/c1-4-16-37(17-5-1)55-58-56(38-18-6-2-7-19-38)60-57(59-55)39-28-30-41(31-29-39)62-50-27-15-12-24-46(50)53-52(62)35-33-45-43-22-10-14-26-49(43)63(54(45)53)42-32-34-51-47(36-42)44-23-11-13-25-48(44)61(51)40-20-8-3-9-21-40;1-4-16-37(17-5-1)55-58-56(38-18-6-2-7-19-38)60-57(59-55)39-28-30-41(31-29-39)62-48-26-14-11-23-44(48)53-51(62)34-35-52-54(53)45-24-12-15-27-49(45)63(52)42-32-33-50-46(36-42)43-22-10-13-25-47(43)61(50)40-20-8-3-9-21-40/h2*1-36H. The Hall–Kier alpha value is -17.2. The van der Waals surface area contributed by atoms with Crippen LogP contribution in [0.15, 0.2) is 437 Å². The van der Waals surface area contributed by atoms with Crippen molar-refractivity contribution in [1.29, 1.82) is 0 Å². The topological polar surface area (TPSA) is 107 Å². The summed E-state index contributed by atoms with van der Waals surface area (Å²) >= 11 is 0.